The summed E-state index contributed by atoms with van der Waals surface area (Å²) in [5.41, 5.74) is 11.3. The summed E-state index contributed by atoms with van der Waals surface area (Å²) in [6.45, 7) is 0. The lowest BCUT2D eigenvalue weighted by Gasteiger charge is -2.14. The van der Waals surface area contributed by atoms with Crippen molar-refractivity contribution in [3.63, 3.8) is 0 Å². The molecular formula is C28H33N3. The highest BCUT2D eigenvalue weighted by Gasteiger charge is 2.10. The molecule has 0 amide bonds. The Hall–Kier alpha value is -2.78. The highest BCUT2D eigenvalue weighted by molar-refractivity contribution is 5.82. The van der Waals surface area contributed by atoms with Gasteiger partial charge in [-0.1, -0.05) is 74.9 Å². The third-order valence-electron chi connectivity index (χ3n) is 6.28. The van der Waals surface area contributed by atoms with Crippen LogP contribution in [0.15, 0.2) is 73.1 Å². The maximum Gasteiger partial charge on any atom is 0.0705 e. The summed E-state index contributed by atoms with van der Waals surface area (Å²) in [5.74, 6) is 0. The van der Waals surface area contributed by atoms with Crippen LogP contribution in [0.5, 0.6) is 0 Å². The summed E-state index contributed by atoms with van der Waals surface area (Å²) < 4.78 is 0. The van der Waals surface area contributed by atoms with Crippen LogP contribution >= 0.6 is 0 Å². The van der Waals surface area contributed by atoms with Crippen LogP contribution in [-0.2, 0) is 6.42 Å². The molecule has 0 aliphatic rings. The third kappa shape index (κ3) is 5.68. The van der Waals surface area contributed by atoms with Crippen LogP contribution in [0.3, 0.4) is 0 Å². The van der Waals surface area contributed by atoms with Gasteiger partial charge in [-0.3, -0.25) is 9.97 Å². The second-order valence-corrected chi connectivity index (χ2v) is 8.52. The predicted octanol–water partition coefficient (Wildman–Crippen LogP) is 7.15. The molecule has 0 radical (unpaired) electrons. The summed E-state index contributed by atoms with van der Waals surface area (Å²) in [5, 5.41) is 2.50. The van der Waals surface area contributed by atoms with Gasteiger partial charge in [0, 0.05) is 29.2 Å². The Bertz CT molecular complexity index is 1090. The van der Waals surface area contributed by atoms with E-state index in [1.54, 1.807) is 0 Å². The number of hydrogen-bond acceptors (Lipinski definition) is 3. The topological polar surface area (TPSA) is 51.8 Å². The maximum absolute atomic E-state index is 6.50. The highest BCUT2D eigenvalue weighted by Crippen LogP contribution is 2.25. The highest BCUT2D eigenvalue weighted by atomic mass is 14.7. The van der Waals surface area contributed by atoms with E-state index in [9.17, 15) is 0 Å². The minimum absolute atomic E-state index is 0.100. The van der Waals surface area contributed by atoms with Crippen molar-refractivity contribution in [2.45, 2.75) is 63.8 Å². The first-order valence-electron chi connectivity index (χ1n) is 11.7. The van der Waals surface area contributed by atoms with Gasteiger partial charge in [0.1, 0.15) is 0 Å². The number of para-hydroxylation sites is 2. The van der Waals surface area contributed by atoms with E-state index >= 15 is 0 Å². The van der Waals surface area contributed by atoms with E-state index in [2.05, 4.69) is 64.6 Å². The zero-order valence-corrected chi connectivity index (χ0v) is 18.3. The molecule has 1 atom stereocenters. The molecule has 0 fully saturated rings. The molecule has 1 unspecified atom stereocenters. The third-order valence-corrected chi connectivity index (χ3v) is 6.28. The largest absolute Gasteiger partial charge is 0.324 e. The van der Waals surface area contributed by atoms with E-state index < -0.39 is 0 Å². The molecule has 3 nitrogen and oxygen atoms in total. The minimum Gasteiger partial charge on any atom is -0.324 e. The molecule has 3 heteroatoms. The normalized spacial score (nSPS) is 12.4. The fraction of sp³-hybridized carbons (Fsp3) is 0.357. The van der Waals surface area contributed by atoms with Gasteiger partial charge in [-0.25, -0.2) is 0 Å². The molecule has 0 saturated heterocycles. The molecule has 0 aliphatic carbocycles. The monoisotopic (exact) mass is 411 g/mol. The quantitative estimate of drug-likeness (QED) is 0.267. The standard InChI is InChI=1S/C28H33N3/c29-26(24-19-21-31-28-17-11-9-14-25(24)28)15-7-5-3-1-2-4-6-12-22-18-20-30-27-16-10-8-13-23(22)27/h8-11,13-14,16-21,26H,1-7,12,15,29H2. The number of aromatic nitrogens is 2. The Balaban J connectivity index is 1.11. The van der Waals surface area contributed by atoms with Crippen LogP contribution in [0.4, 0.5) is 0 Å². The number of fused-ring (bicyclic) bond motifs is 2. The number of benzene rings is 2. The van der Waals surface area contributed by atoms with Crippen molar-refractivity contribution in [1.82, 2.24) is 9.97 Å². The van der Waals surface area contributed by atoms with Crippen molar-refractivity contribution in [2.75, 3.05) is 0 Å². The van der Waals surface area contributed by atoms with E-state index in [4.69, 9.17) is 5.73 Å². The van der Waals surface area contributed by atoms with Crippen LogP contribution in [0.1, 0.15) is 68.5 Å². The van der Waals surface area contributed by atoms with Crippen molar-refractivity contribution in [3.05, 3.63) is 84.2 Å². The number of nitrogens with two attached hydrogens (primary N) is 1. The summed E-state index contributed by atoms with van der Waals surface area (Å²) in [4.78, 5) is 8.91. The van der Waals surface area contributed by atoms with Crippen molar-refractivity contribution in [1.29, 1.82) is 0 Å². The Morgan fingerprint density at radius 3 is 1.97 bits per heavy atom. The lowest BCUT2D eigenvalue weighted by atomic mass is 9.97. The minimum atomic E-state index is 0.100. The number of rotatable bonds is 11. The zero-order chi connectivity index (χ0) is 21.3. The lowest BCUT2D eigenvalue weighted by Crippen LogP contribution is -2.10. The van der Waals surface area contributed by atoms with Crippen molar-refractivity contribution >= 4 is 21.8 Å². The molecule has 2 N–H and O–H groups in total. The second-order valence-electron chi connectivity index (χ2n) is 8.52. The summed E-state index contributed by atoms with van der Waals surface area (Å²) in [6.07, 6.45) is 15.0. The van der Waals surface area contributed by atoms with Gasteiger partial charge in [0.25, 0.3) is 0 Å². The number of aryl methyl sites for hydroxylation is 1. The summed E-state index contributed by atoms with van der Waals surface area (Å²) >= 11 is 0. The molecule has 0 bridgehead atoms. The number of pyridine rings is 2. The number of nitrogens with zero attached hydrogens (tertiary/aromatic N) is 2. The molecule has 31 heavy (non-hydrogen) atoms. The molecule has 0 aliphatic heterocycles. The average molecular weight is 412 g/mol. The molecule has 4 aromatic rings. The first-order valence-corrected chi connectivity index (χ1v) is 11.7. The van der Waals surface area contributed by atoms with Crippen LogP contribution in [-0.4, -0.2) is 9.97 Å². The van der Waals surface area contributed by atoms with E-state index in [-0.39, 0.29) is 6.04 Å². The van der Waals surface area contributed by atoms with Gasteiger partial charge in [0.2, 0.25) is 0 Å². The molecule has 0 spiro atoms. The smallest absolute Gasteiger partial charge is 0.0705 e. The molecular weight excluding hydrogens is 378 g/mol. The molecule has 160 valence electrons. The predicted molar refractivity (Wildman–Crippen MR) is 131 cm³/mol. The maximum atomic E-state index is 6.50. The van der Waals surface area contributed by atoms with E-state index in [1.807, 2.05) is 18.5 Å². The van der Waals surface area contributed by atoms with Gasteiger partial charge in [-0.15, -0.1) is 0 Å². The van der Waals surface area contributed by atoms with E-state index in [0.29, 0.717) is 0 Å². The van der Waals surface area contributed by atoms with Crippen LogP contribution < -0.4 is 5.73 Å². The lowest BCUT2D eigenvalue weighted by molar-refractivity contribution is 0.539. The van der Waals surface area contributed by atoms with Crippen molar-refractivity contribution in [3.8, 4) is 0 Å². The summed E-state index contributed by atoms with van der Waals surface area (Å²) in [6, 6.07) is 21.1. The molecule has 2 aromatic carbocycles. The van der Waals surface area contributed by atoms with Crippen LogP contribution in [0.2, 0.25) is 0 Å². The van der Waals surface area contributed by atoms with Crippen LogP contribution in [0.25, 0.3) is 21.8 Å². The van der Waals surface area contributed by atoms with Crippen LogP contribution in [0, 0.1) is 0 Å². The van der Waals surface area contributed by atoms with E-state index in [1.165, 1.54) is 66.8 Å². The van der Waals surface area contributed by atoms with Crippen molar-refractivity contribution < 1.29 is 0 Å². The number of hydrogen-bond donors (Lipinski definition) is 1. The summed E-state index contributed by atoms with van der Waals surface area (Å²) in [7, 11) is 0. The Morgan fingerprint density at radius 1 is 0.613 bits per heavy atom. The van der Waals surface area contributed by atoms with Gasteiger partial charge in [0.05, 0.1) is 11.0 Å². The Morgan fingerprint density at radius 2 is 1.19 bits per heavy atom. The van der Waals surface area contributed by atoms with Gasteiger partial charge in [-0.2, -0.15) is 0 Å². The first-order chi connectivity index (χ1) is 15.3. The van der Waals surface area contributed by atoms with Gasteiger partial charge in [-0.05, 0) is 54.7 Å². The van der Waals surface area contributed by atoms with Gasteiger partial charge < -0.3 is 5.73 Å². The fourth-order valence-corrected chi connectivity index (χ4v) is 4.53. The Kier molecular flexibility index (Phi) is 7.62. The SMILES string of the molecule is NC(CCCCCCCCCc1ccnc2ccccc12)c1ccnc2ccccc12. The first kappa shape index (κ1) is 21.5. The van der Waals surface area contributed by atoms with E-state index in [0.717, 1.165) is 23.9 Å². The molecule has 2 aromatic heterocycles. The fourth-order valence-electron chi connectivity index (χ4n) is 4.53. The second kappa shape index (κ2) is 11.0. The molecule has 4 rings (SSSR count). The Labute approximate surface area is 185 Å². The average Bonchev–Trinajstić information content (AvgIpc) is 2.82. The molecule has 2 heterocycles. The molecule has 0 saturated carbocycles. The zero-order valence-electron chi connectivity index (χ0n) is 18.3. The van der Waals surface area contributed by atoms with Gasteiger partial charge >= 0.3 is 0 Å². The van der Waals surface area contributed by atoms with Gasteiger partial charge in [0.15, 0.2) is 0 Å². The number of unbranched alkanes of at least 4 members (excludes halogenated alkanes) is 6. The van der Waals surface area contributed by atoms with Crippen molar-refractivity contribution in [2.24, 2.45) is 5.73 Å².